The van der Waals surface area contributed by atoms with Crippen LogP contribution in [0.5, 0.6) is 0 Å². The Hall–Kier alpha value is -1.25. The first-order valence-electron chi connectivity index (χ1n) is 4.97. The average Bonchev–Trinajstić information content (AvgIpc) is 2.69. The molecule has 2 aromatic rings. The van der Waals surface area contributed by atoms with Gasteiger partial charge in [0.1, 0.15) is 10.4 Å². The van der Waals surface area contributed by atoms with Crippen molar-refractivity contribution in [3.63, 3.8) is 0 Å². The zero-order valence-electron chi connectivity index (χ0n) is 9.21. The van der Waals surface area contributed by atoms with Gasteiger partial charge in [-0.15, -0.1) is 11.3 Å². The molecule has 0 fully saturated rings. The Balaban J connectivity index is 2.32. The highest BCUT2D eigenvalue weighted by molar-refractivity contribution is 7.20. The van der Waals surface area contributed by atoms with E-state index in [0.29, 0.717) is 24.9 Å². The summed E-state index contributed by atoms with van der Waals surface area (Å²) in [6.07, 6.45) is 0. The van der Waals surface area contributed by atoms with E-state index in [1.807, 2.05) is 6.07 Å². The molecule has 0 saturated heterocycles. The predicted octanol–water partition coefficient (Wildman–Crippen LogP) is 4.83. The first-order chi connectivity index (χ1) is 9.01. The Morgan fingerprint density at radius 1 is 1.26 bits per heavy atom. The van der Waals surface area contributed by atoms with Crippen molar-refractivity contribution in [3.05, 3.63) is 49.1 Å². The molecule has 1 N–H and O–H groups in total. The van der Waals surface area contributed by atoms with Crippen LogP contribution in [0.25, 0.3) is 0 Å². The fourth-order valence-corrected chi connectivity index (χ4v) is 3.03. The summed E-state index contributed by atoms with van der Waals surface area (Å²) in [5.74, 6) is -0.438. The molecule has 0 spiro atoms. The summed E-state index contributed by atoms with van der Waals surface area (Å²) in [6, 6.07) is 8.04. The SMILES string of the molecule is N#Cc1ccc(Cl)cc1NC(=O)c1cc(Cl)sc1Cl. The van der Waals surface area contributed by atoms with Gasteiger partial charge >= 0.3 is 0 Å². The van der Waals surface area contributed by atoms with E-state index in [0.717, 1.165) is 11.3 Å². The van der Waals surface area contributed by atoms with Crippen LogP contribution < -0.4 is 5.32 Å². The Bertz CT molecular complexity index is 691. The lowest BCUT2D eigenvalue weighted by molar-refractivity contribution is 0.102. The van der Waals surface area contributed by atoms with Gasteiger partial charge in [0.2, 0.25) is 0 Å². The van der Waals surface area contributed by atoms with E-state index in [4.69, 9.17) is 40.1 Å². The first-order valence-corrected chi connectivity index (χ1v) is 6.92. The van der Waals surface area contributed by atoms with E-state index in [2.05, 4.69) is 5.32 Å². The van der Waals surface area contributed by atoms with Crippen molar-refractivity contribution in [2.75, 3.05) is 5.32 Å². The molecule has 2 rings (SSSR count). The second-order valence-electron chi connectivity index (χ2n) is 3.49. The molecule has 0 radical (unpaired) electrons. The van der Waals surface area contributed by atoms with E-state index in [9.17, 15) is 4.79 Å². The van der Waals surface area contributed by atoms with Crippen molar-refractivity contribution in [2.45, 2.75) is 0 Å². The van der Waals surface area contributed by atoms with Gasteiger partial charge in [-0.25, -0.2) is 0 Å². The molecular formula is C12H5Cl3N2OS. The molecule has 0 saturated carbocycles. The minimum absolute atomic E-state index is 0.264. The van der Waals surface area contributed by atoms with Gasteiger partial charge in [0, 0.05) is 5.02 Å². The Morgan fingerprint density at radius 2 is 2.00 bits per heavy atom. The van der Waals surface area contributed by atoms with Crippen LogP contribution in [0.4, 0.5) is 5.69 Å². The molecule has 1 heterocycles. The minimum Gasteiger partial charge on any atom is -0.321 e. The number of thiophene rings is 1. The predicted molar refractivity (Wildman–Crippen MR) is 78.5 cm³/mol. The molecule has 0 aliphatic carbocycles. The second kappa shape index (κ2) is 5.81. The molecule has 19 heavy (non-hydrogen) atoms. The third-order valence-corrected chi connectivity index (χ3v) is 3.97. The summed E-state index contributed by atoms with van der Waals surface area (Å²) >= 11 is 18.6. The first kappa shape index (κ1) is 14.2. The Morgan fingerprint density at radius 3 is 2.58 bits per heavy atom. The largest absolute Gasteiger partial charge is 0.321 e. The molecule has 0 bridgehead atoms. The zero-order chi connectivity index (χ0) is 14.0. The average molecular weight is 332 g/mol. The number of anilines is 1. The van der Waals surface area contributed by atoms with Crippen LogP contribution in [-0.2, 0) is 0 Å². The maximum absolute atomic E-state index is 12.0. The standard InChI is InChI=1S/C12H5Cl3N2OS/c13-7-2-1-6(5-16)9(3-7)17-12(18)8-4-10(14)19-11(8)15/h1-4H,(H,17,18). The normalized spacial score (nSPS) is 10.0. The van der Waals surface area contributed by atoms with Crippen LogP contribution in [0.3, 0.4) is 0 Å². The van der Waals surface area contributed by atoms with E-state index in [1.54, 1.807) is 6.07 Å². The van der Waals surface area contributed by atoms with Gasteiger partial charge in [0.25, 0.3) is 5.91 Å². The Labute approximate surface area is 128 Å². The third kappa shape index (κ3) is 3.20. The molecular weight excluding hydrogens is 327 g/mol. The van der Waals surface area contributed by atoms with Crippen LogP contribution in [0.2, 0.25) is 13.7 Å². The molecule has 1 aromatic carbocycles. The number of amides is 1. The summed E-state index contributed by atoms with van der Waals surface area (Å²) in [5.41, 5.74) is 0.911. The van der Waals surface area contributed by atoms with E-state index in [-0.39, 0.29) is 5.56 Å². The summed E-state index contributed by atoms with van der Waals surface area (Å²) in [4.78, 5) is 12.0. The molecule has 0 unspecified atom stereocenters. The topological polar surface area (TPSA) is 52.9 Å². The quantitative estimate of drug-likeness (QED) is 0.856. The molecule has 3 nitrogen and oxygen atoms in total. The van der Waals surface area contributed by atoms with E-state index >= 15 is 0 Å². The number of benzene rings is 1. The number of halogens is 3. The van der Waals surface area contributed by atoms with Crippen LogP contribution in [0, 0.1) is 11.3 Å². The van der Waals surface area contributed by atoms with Crippen LogP contribution in [0.1, 0.15) is 15.9 Å². The summed E-state index contributed by atoms with van der Waals surface area (Å²) in [7, 11) is 0. The monoisotopic (exact) mass is 330 g/mol. The van der Waals surface area contributed by atoms with Crippen molar-refractivity contribution in [1.82, 2.24) is 0 Å². The lowest BCUT2D eigenvalue weighted by atomic mass is 10.2. The molecule has 7 heteroatoms. The second-order valence-corrected chi connectivity index (χ2v) is 6.22. The number of nitrogens with one attached hydrogen (secondary N) is 1. The fourth-order valence-electron chi connectivity index (χ4n) is 1.40. The smallest absolute Gasteiger partial charge is 0.258 e. The summed E-state index contributed by atoms with van der Waals surface area (Å²) < 4.78 is 0.713. The molecule has 0 atom stereocenters. The fraction of sp³-hybridized carbons (Fsp3) is 0. The van der Waals surface area contributed by atoms with Crippen LogP contribution in [0.15, 0.2) is 24.3 Å². The zero-order valence-corrected chi connectivity index (χ0v) is 12.3. The third-order valence-electron chi connectivity index (χ3n) is 2.25. The van der Waals surface area contributed by atoms with Crippen molar-refractivity contribution >= 4 is 57.7 Å². The number of carbonyl (C=O) groups is 1. The van der Waals surface area contributed by atoms with Gasteiger partial charge in [-0.05, 0) is 24.3 Å². The number of hydrogen-bond donors (Lipinski definition) is 1. The van der Waals surface area contributed by atoms with Gasteiger partial charge in [0.05, 0.1) is 21.2 Å². The number of nitriles is 1. The maximum Gasteiger partial charge on any atom is 0.258 e. The highest BCUT2D eigenvalue weighted by atomic mass is 35.5. The van der Waals surface area contributed by atoms with Gasteiger partial charge in [-0.2, -0.15) is 5.26 Å². The van der Waals surface area contributed by atoms with Gasteiger partial charge in [-0.3, -0.25) is 4.79 Å². The van der Waals surface area contributed by atoms with Gasteiger partial charge in [-0.1, -0.05) is 34.8 Å². The molecule has 96 valence electrons. The highest BCUT2D eigenvalue weighted by Crippen LogP contribution is 2.32. The van der Waals surface area contributed by atoms with E-state index in [1.165, 1.54) is 18.2 Å². The van der Waals surface area contributed by atoms with Crippen LogP contribution >= 0.6 is 46.1 Å². The van der Waals surface area contributed by atoms with Gasteiger partial charge in [0.15, 0.2) is 0 Å². The highest BCUT2D eigenvalue weighted by Gasteiger charge is 2.15. The number of nitrogens with zero attached hydrogens (tertiary/aromatic N) is 1. The van der Waals surface area contributed by atoms with Crippen molar-refractivity contribution in [1.29, 1.82) is 5.26 Å². The van der Waals surface area contributed by atoms with Crippen LogP contribution in [-0.4, -0.2) is 5.91 Å². The van der Waals surface area contributed by atoms with E-state index < -0.39 is 5.91 Å². The molecule has 1 amide bonds. The minimum atomic E-state index is -0.438. The van der Waals surface area contributed by atoms with Crippen molar-refractivity contribution in [2.24, 2.45) is 0 Å². The number of carbonyl (C=O) groups excluding carboxylic acids is 1. The molecule has 0 aliphatic heterocycles. The van der Waals surface area contributed by atoms with Crippen molar-refractivity contribution in [3.8, 4) is 6.07 Å². The molecule has 0 aliphatic rings. The summed E-state index contributed by atoms with van der Waals surface area (Å²) in [5, 5.41) is 12.0. The summed E-state index contributed by atoms with van der Waals surface area (Å²) in [6.45, 7) is 0. The van der Waals surface area contributed by atoms with Gasteiger partial charge < -0.3 is 5.32 Å². The lowest BCUT2D eigenvalue weighted by Gasteiger charge is -2.06. The number of hydrogen-bond acceptors (Lipinski definition) is 3. The number of rotatable bonds is 2. The Kier molecular flexibility index (Phi) is 4.33. The molecule has 1 aromatic heterocycles. The maximum atomic E-state index is 12.0. The lowest BCUT2D eigenvalue weighted by Crippen LogP contribution is -2.12. The van der Waals surface area contributed by atoms with Crippen molar-refractivity contribution < 1.29 is 4.79 Å².